The second-order valence-corrected chi connectivity index (χ2v) is 14.9. The number of alkyl halides is 3. The number of carbonyl (C=O) groups excluding carboxylic acids is 5. The van der Waals surface area contributed by atoms with Crippen LogP contribution in [0.1, 0.15) is 49.3 Å². The van der Waals surface area contributed by atoms with Gasteiger partial charge in [-0.3, -0.25) is 29.0 Å². The van der Waals surface area contributed by atoms with E-state index in [-0.39, 0.29) is 97.9 Å². The molecular formula is C40H50F3N9O8. The SMILES string of the molecule is CN1C(=O)C[C@H](C(=O)NCCOCCOCCOCCC(=O)N[C@H]2C[C@H](C(=O)NCCN3CC[C@H](Nc4ncnc5ccc(C(F)(F)F)cc45)C3=O)C2)[C@H]1c1cccnc1. The molecule has 20 heteroatoms. The lowest BCUT2D eigenvalue weighted by Gasteiger charge is -2.34. The molecule has 60 heavy (non-hydrogen) atoms. The number of carbonyl (C=O) groups is 5. The van der Waals surface area contributed by atoms with Gasteiger partial charge in [-0.25, -0.2) is 9.97 Å². The number of likely N-dealkylation sites (tertiary alicyclic amines) is 2. The molecule has 6 rings (SSSR count). The number of hydrogen-bond acceptors (Lipinski definition) is 12. The normalized spacial score (nSPS) is 21.6. The van der Waals surface area contributed by atoms with Crippen LogP contribution in [0.4, 0.5) is 19.0 Å². The highest BCUT2D eigenvalue weighted by molar-refractivity contribution is 5.93. The molecule has 1 aromatic carbocycles. The zero-order valence-electron chi connectivity index (χ0n) is 33.2. The van der Waals surface area contributed by atoms with Crippen molar-refractivity contribution >= 4 is 46.3 Å². The Kier molecular flexibility index (Phi) is 15.2. The summed E-state index contributed by atoms with van der Waals surface area (Å²) in [5, 5.41) is 11.8. The van der Waals surface area contributed by atoms with Crippen molar-refractivity contribution in [3.05, 3.63) is 60.2 Å². The molecule has 5 amide bonds. The first kappa shape index (κ1) is 44.1. The van der Waals surface area contributed by atoms with Gasteiger partial charge in [-0.2, -0.15) is 13.2 Å². The maximum absolute atomic E-state index is 13.3. The Bertz CT molecular complexity index is 1970. The maximum atomic E-state index is 13.3. The lowest BCUT2D eigenvalue weighted by Crippen LogP contribution is -2.50. The molecule has 2 aromatic heterocycles. The van der Waals surface area contributed by atoms with Crippen molar-refractivity contribution in [2.45, 2.75) is 56.4 Å². The Balaban J connectivity index is 0.747. The van der Waals surface area contributed by atoms with Crippen molar-refractivity contribution in [2.75, 3.05) is 78.2 Å². The number of anilines is 1. The lowest BCUT2D eigenvalue weighted by atomic mass is 9.79. The van der Waals surface area contributed by atoms with Crippen LogP contribution >= 0.6 is 0 Å². The van der Waals surface area contributed by atoms with Crippen molar-refractivity contribution < 1.29 is 51.4 Å². The summed E-state index contributed by atoms with van der Waals surface area (Å²) < 4.78 is 56.4. The van der Waals surface area contributed by atoms with Crippen molar-refractivity contribution in [3.63, 3.8) is 0 Å². The first-order chi connectivity index (χ1) is 28.9. The van der Waals surface area contributed by atoms with Crippen molar-refractivity contribution in [1.29, 1.82) is 0 Å². The fraction of sp³-hybridized carbons (Fsp3) is 0.550. The molecule has 2 saturated heterocycles. The number of nitrogens with zero attached hydrogens (tertiary/aromatic N) is 5. The molecule has 3 fully saturated rings. The summed E-state index contributed by atoms with van der Waals surface area (Å²) in [6.07, 6.45) is 1.74. The van der Waals surface area contributed by atoms with Gasteiger partial charge in [-0.15, -0.1) is 0 Å². The van der Waals surface area contributed by atoms with Gasteiger partial charge < -0.3 is 45.3 Å². The van der Waals surface area contributed by atoms with E-state index >= 15 is 0 Å². The summed E-state index contributed by atoms with van der Waals surface area (Å²) in [4.78, 5) is 78.5. The molecule has 1 saturated carbocycles. The largest absolute Gasteiger partial charge is 0.416 e. The first-order valence-electron chi connectivity index (χ1n) is 20.0. The van der Waals surface area contributed by atoms with Crippen LogP contribution in [0, 0.1) is 11.8 Å². The molecule has 0 spiro atoms. The highest BCUT2D eigenvalue weighted by Crippen LogP contribution is 2.37. The Hall–Kier alpha value is -5.47. The molecule has 324 valence electrons. The molecule has 4 N–H and O–H groups in total. The number of amides is 5. The number of benzene rings is 1. The second-order valence-electron chi connectivity index (χ2n) is 14.9. The summed E-state index contributed by atoms with van der Waals surface area (Å²) in [5.41, 5.74) is 0.296. The van der Waals surface area contributed by atoms with Gasteiger partial charge in [-0.1, -0.05) is 6.07 Å². The zero-order valence-corrected chi connectivity index (χ0v) is 33.2. The maximum Gasteiger partial charge on any atom is 0.416 e. The molecule has 2 aliphatic heterocycles. The van der Waals surface area contributed by atoms with Crippen LogP contribution < -0.4 is 21.3 Å². The molecular weight excluding hydrogens is 791 g/mol. The van der Waals surface area contributed by atoms with E-state index < -0.39 is 23.7 Å². The Morgan fingerprint density at radius 2 is 1.65 bits per heavy atom. The van der Waals surface area contributed by atoms with E-state index in [0.29, 0.717) is 64.3 Å². The molecule has 3 aromatic rings. The summed E-state index contributed by atoms with van der Waals surface area (Å²) in [5.74, 6) is -1.48. The van der Waals surface area contributed by atoms with Crippen LogP contribution in [0.3, 0.4) is 0 Å². The Morgan fingerprint density at radius 3 is 2.38 bits per heavy atom. The Morgan fingerprint density at radius 1 is 0.917 bits per heavy atom. The monoisotopic (exact) mass is 841 g/mol. The van der Waals surface area contributed by atoms with Gasteiger partial charge >= 0.3 is 6.18 Å². The molecule has 4 heterocycles. The third-order valence-corrected chi connectivity index (χ3v) is 10.8. The lowest BCUT2D eigenvalue weighted by molar-refractivity contribution is -0.137. The third kappa shape index (κ3) is 11.6. The van der Waals surface area contributed by atoms with Crippen LogP contribution in [0.15, 0.2) is 49.1 Å². The first-order valence-corrected chi connectivity index (χ1v) is 20.0. The molecule has 0 unspecified atom stereocenters. The highest BCUT2D eigenvalue weighted by atomic mass is 19.4. The standard InChI is InChI=1S/C40H50F3N9O8/c1-51-34(54)22-30(35(51)25-3-2-8-44-23-25)38(56)46-10-14-59-16-18-60-17-15-58-13-7-33(53)49-28-19-26(20-28)37(55)45-9-12-52-11-6-32(39(52)57)50-36-29-21-27(40(41,42)43)4-5-31(29)47-24-48-36/h2-5,8,21,23-24,26,28,30,32,35H,6-7,9-20,22H2,1H3,(H,45,55)(H,46,56)(H,49,53)(H,47,48,50)/t26-,28-,30-,32-,35+/m0/s1. The van der Waals surface area contributed by atoms with Crippen molar-refractivity contribution in [3.8, 4) is 0 Å². The van der Waals surface area contributed by atoms with E-state index in [0.717, 1.165) is 17.7 Å². The minimum atomic E-state index is -4.54. The van der Waals surface area contributed by atoms with Gasteiger partial charge in [0.15, 0.2) is 0 Å². The quantitative estimate of drug-likeness (QED) is 0.114. The summed E-state index contributed by atoms with van der Waals surface area (Å²) >= 11 is 0. The van der Waals surface area contributed by atoms with Crippen molar-refractivity contribution in [2.24, 2.45) is 11.8 Å². The third-order valence-electron chi connectivity index (χ3n) is 10.8. The van der Waals surface area contributed by atoms with Crippen LogP contribution in [-0.2, 0) is 44.4 Å². The van der Waals surface area contributed by atoms with Gasteiger partial charge in [0.05, 0.1) is 62.7 Å². The molecule has 1 aliphatic carbocycles. The van der Waals surface area contributed by atoms with Crippen LogP contribution in [0.2, 0.25) is 0 Å². The number of fused-ring (bicyclic) bond motifs is 1. The highest BCUT2D eigenvalue weighted by Gasteiger charge is 2.43. The second kappa shape index (κ2) is 20.7. The van der Waals surface area contributed by atoms with E-state index in [1.54, 1.807) is 35.3 Å². The topological polar surface area (TPSA) is 206 Å². The van der Waals surface area contributed by atoms with Crippen LogP contribution in [-0.4, -0.2) is 139 Å². The Labute approximate surface area is 344 Å². The number of ether oxygens (including phenoxy) is 3. The summed E-state index contributed by atoms with van der Waals surface area (Å²) in [6, 6.07) is 5.67. The summed E-state index contributed by atoms with van der Waals surface area (Å²) in [6.45, 7) is 3.00. The van der Waals surface area contributed by atoms with E-state index in [9.17, 15) is 37.1 Å². The van der Waals surface area contributed by atoms with Crippen LogP contribution in [0.5, 0.6) is 0 Å². The number of nitrogens with one attached hydrogen (secondary N) is 4. The number of hydrogen-bond donors (Lipinski definition) is 4. The molecule has 3 atom stereocenters. The number of halogens is 3. The van der Waals surface area contributed by atoms with Crippen LogP contribution in [0.25, 0.3) is 10.9 Å². The molecule has 17 nitrogen and oxygen atoms in total. The van der Waals surface area contributed by atoms with E-state index in [4.69, 9.17) is 14.2 Å². The molecule has 0 radical (unpaired) electrons. The number of aromatic nitrogens is 3. The van der Waals surface area contributed by atoms with E-state index in [2.05, 4.69) is 36.2 Å². The fourth-order valence-electron chi connectivity index (χ4n) is 7.51. The van der Waals surface area contributed by atoms with Crippen molar-refractivity contribution in [1.82, 2.24) is 40.7 Å². The molecule has 3 aliphatic rings. The van der Waals surface area contributed by atoms with Gasteiger partial charge in [0.2, 0.25) is 29.5 Å². The fourth-order valence-corrected chi connectivity index (χ4v) is 7.51. The van der Waals surface area contributed by atoms with Gasteiger partial charge in [0.25, 0.3) is 0 Å². The van der Waals surface area contributed by atoms with Gasteiger partial charge in [0.1, 0.15) is 18.2 Å². The number of pyridine rings is 1. The average molecular weight is 842 g/mol. The number of rotatable bonds is 21. The zero-order chi connectivity index (χ0) is 42.6. The van der Waals surface area contributed by atoms with Gasteiger partial charge in [0, 0.05) is 75.8 Å². The van der Waals surface area contributed by atoms with Gasteiger partial charge in [-0.05, 0) is 49.1 Å². The minimum Gasteiger partial charge on any atom is -0.379 e. The smallest absolute Gasteiger partial charge is 0.379 e. The van der Waals surface area contributed by atoms with E-state index in [1.165, 1.54) is 12.4 Å². The average Bonchev–Trinajstić information content (AvgIpc) is 3.72. The molecule has 0 bridgehead atoms. The summed E-state index contributed by atoms with van der Waals surface area (Å²) in [7, 11) is 1.69. The minimum absolute atomic E-state index is 0.0896. The predicted molar refractivity (Wildman–Crippen MR) is 209 cm³/mol. The van der Waals surface area contributed by atoms with E-state index in [1.807, 2.05) is 6.07 Å². The predicted octanol–water partition coefficient (Wildman–Crippen LogP) is 1.84.